The van der Waals surface area contributed by atoms with Crippen LogP contribution in [0.2, 0.25) is 0 Å². The Balaban J connectivity index is 2.11. The molecule has 0 radical (unpaired) electrons. The largest absolute Gasteiger partial charge is 0.505 e. The molecule has 0 aliphatic rings. The zero-order chi connectivity index (χ0) is 13.1. The van der Waals surface area contributed by atoms with Crippen LogP contribution >= 0.6 is 0 Å². The Labute approximate surface area is 101 Å². The Morgan fingerprint density at radius 1 is 1.11 bits per heavy atom. The second-order valence-electron chi connectivity index (χ2n) is 3.90. The molecule has 6 heteroatoms. The summed E-state index contributed by atoms with van der Waals surface area (Å²) in [5, 5.41) is 13.8. The van der Waals surface area contributed by atoms with Gasteiger partial charge in [-0.2, -0.15) is 0 Å². The first-order valence-corrected chi connectivity index (χ1v) is 5.34. The molecule has 3 N–H and O–H groups in total. The normalized spacial score (nSPS) is 10.5. The molecule has 0 fully saturated rings. The number of rotatable bonds is 3. The minimum absolute atomic E-state index is 0.392. The predicted molar refractivity (Wildman–Crippen MR) is 63.2 cm³/mol. The molecule has 0 atom stereocenters. The molecule has 2 rings (SSSR count). The van der Waals surface area contributed by atoms with E-state index < -0.39 is 22.6 Å². The number of aromatic amines is 2. The van der Waals surface area contributed by atoms with Crippen LogP contribution in [0.25, 0.3) is 0 Å². The molecule has 0 unspecified atom stereocenters. The molecule has 0 amide bonds. The second-order valence-corrected chi connectivity index (χ2v) is 3.90. The van der Waals surface area contributed by atoms with Gasteiger partial charge in [0.1, 0.15) is 0 Å². The number of benzene rings is 1. The third-order valence-electron chi connectivity index (χ3n) is 2.56. The smallest absolute Gasteiger partial charge is 0.310 e. The van der Waals surface area contributed by atoms with Gasteiger partial charge >= 0.3 is 5.56 Å². The number of aromatic nitrogens is 2. The highest BCUT2D eigenvalue weighted by molar-refractivity contribution is 5.28. The quantitative estimate of drug-likeness (QED) is 0.701. The van der Waals surface area contributed by atoms with Gasteiger partial charge in [-0.25, -0.2) is 4.39 Å². The fourth-order valence-corrected chi connectivity index (χ4v) is 1.58. The van der Waals surface area contributed by atoms with Gasteiger partial charge in [-0.15, -0.1) is 0 Å². The Morgan fingerprint density at radius 3 is 2.56 bits per heavy atom. The van der Waals surface area contributed by atoms with Crippen molar-refractivity contribution in [2.24, 2.45) is 0 Å². The molecule has 1 heterocycles. The summed E-state index contributed by atoms with van der Waals surface area (Å²) in [6.45, 7) is 0. The highest BCUT2D eigenvalue weighted by Crippen LogP contribution is 2.16. The number of H-pyrrole nitrogens is 2. The van der Waals surface area contributed by atoms with Crippen LogP contribution in [0.5, 0.6) is 5.75 Å². The molecule has 1 aromatic carbocycles. The SMILES string of the molecule is O=c1cc(CCc2ccc(O)c(F)c2)[nH][nH]c1=O. The summed E-state index contributed by atoms with van der Waals surface area (Å²) in [6.07, 6.45) is 0.940. The Bertz CT molecular complexity index is 676. The summed E-state index contributed by atoms with van der Waals surface area (Å²) < 4.78 is 13.1. The van der Waals surface area contributed by atoms with Gasteiger partial charge in [-0.05, 0) is 30.5 Å². The predicted octanol–water partition coefficient (Wildman–Crippen LogP) is 0.693. The van der Waals surface area contributed by atoms with E-state index in [1.165, 1.54) is 18.2 Å². The van der Waals surface area contributed by atoms with Crippen molar-refractivity contribution in [1.29, 1.82) is 0 Å². The van der Waals surface area contributed by atoms with Crippen LogP contribution in [0.4, 0.5) is 4.39 Å². The zero-order valence-electron chi connectivity index (χ0n) is 9.37. The zero-order valence-corrected chi connectivity index (χ0v) is 9.37. The lowest BCUT2D eigenvalue weighted by molar-refractivity contribution is 0.432. The molecular weight excluding hydrogens is 239 g/mol. The van der Waals surface area contributed by atoms with Gasteiger partial charge in [0.25, 0.3) is 0 Å². The maximum absolute atomic E-state index is 13.1. The Hall–Kier alpha value is -2.37. The molecule has 18 heavy (non-hydrogen) atoms. The minimum atomic E-state index is -0.700. The molecule has 0 aliphatic carbocycles. The van der Waals surface area contributed by atoms with Crippen LogP contribution in [0.1, 0.15) is 11.3 Å². The van der Waals surface area contributed by atoms with Gasteiger partial charge in [-0.1, -0.05) is 6.07 Å². The number of halogens is 1. The molecule has 2 aromatic rings. The monoisotopic (exact) mass is 250 g/mol. The van der Waals surface area contributed by atoms with Crippen LogP contribution in [-0.2, 0) is 12.8 Å². The molecule has 0 aliphatic heterocycles. The van der Waals surface area contributed by atoms with E-state index in [-0.39, 0.29) is 0 Å². The van der Waals surface area contributed by atoms with E-state index in [4.69, 9.17) is 5.11 Å². The lowest BCUT2D eigenvalue weighted by atomic mass is 10.1. The first-order valence-electron chi connectivity index (χ1n) is 5.34. The van der Waals surface area contributed by atoms with Crippen molar-refractivity contribution in [3.8, 4) is 5.75 Å². The summed E-state index contributed by atoms with van der Waals surface area (Å²) in [6, 6.07) is 5.33. The number of nitrogens with one attached hydrogen (secondary N) is 2. The van der Waals surface area contributed by atoms with Gasteiger partial charge in [-0.3, -0.25) is 14.7 Å². The maximum atomic E-state index is 13.1. The molecular formula is C12H11FN2O3. The van der Waals surface area contributed by atoms with E-state index in [1.807, 2.05) is 0 Å². The van der Waals surface area contributed by atoms with Crippen molar-refractivity contribution in [2.75, 3.05) is 0 Å². The molecule has 0 spiro atoms. The highest BCUT2D eigenvalue weighted by atomic mass is 19.1. The standard InChI is InChI=1S/C12H11FN2O3/c13-9-5-7(2-4-10(9)16)1-3-8-6-11(17)12(18)15-14-8/h2,4-6,16H,1,3H2,(H,14,17)(H,15,18). The van der Waals surface area contributed by atoms with Gasteiger partial charge < -0.3 is 10.2 Å². The number of phenolic OH excluding ortho intramolecular Hbond substituents is 1. The van der Waals surface area contributed by atoms with E-state index in [1.54, 1.807) is 6.07 Å². The average Bonchev–Trinajstić information content (AvgIpc) is 2.35. The van der Waals surface area contributed by atoms with Gasteiger partial charge in [0.2, 0.25) is 5.43 Å². The Morgan fingerprint density at radius 2 is 1.89 bits per heavy atom. The van der Waals surface area contributed by atoms with Crippen LogP contribution in [0.15, 0.2) is 33.9 Å². The number of aromatic hydroxyl groups is 1. The van der Waals surface area contributed by atoms with Crippen molar-refractivity contribution in [3.05, 3.63) is 61.9 Å². The summed E-state index contributed by atoms with van der Waals surface area (Å²) in [4.78, 5) is 21.9. The molecule has 1 aromatic heterocycles. The van der Waals surface area contributed by atoms with Crippen molar-refractivity contribution in [1.82, 2.24) is 10.2 Å². The summed E-state index contributed by atoms with van der Waals surface area (Å²) in [5.41, 5.74) is -0.0551. The third kappa shape index (κ3) is 2.65. The topological polar surface area (TPSA) is 85.9 Å². The average molecular weight is 250 g/mol. The van der Waals surface area contributed by atoms with Gasteiger partial charge in [0.05, 0.1) is 0 Å². The van der Waals surface area contributed by atoms with E-state index in [2.05, 4.69) is 10.2 Å². The van der Waals surface area contributed by atoms with E-state index >= 15 is 0 Å². The third-order valence-corrected chi connectivity index (χ3v) is 2.56. The fraction of sp³-hybridized carbons (Fsp3) is 0.167. The number of phenols is 1. The van der Waals surface area contributed by atoms with E-state index in [0.717, 1.165) is 0 Å². The van der Waals surface area contributed by atoms with Crippen LogP contribution in [0.3, 0.4) is 0 Å². The lowest BCUT2D eigenvalue weighted by Gasteiger charge is -2.03. The van der Waals surface area contributed by atoms with Crippen LogP contribution < -0.4 is 11.0 Å². The lowest BCUT2D eigenvalue weighted by Crippen LogP contribution is -2.27. The number of hydrogen-bond donors (Lipinski definition) is 3. The van der Waals surface area contributed by atoms with Crippen molar-refractivity contribution in [2.45, 2.75) is 12.8 Å². The Kier molecular flexibility index (Phi) is 3.27. The first-order chi connectivity index (χ1) is 8.56. The number of hydrogen-bond acceptors (Lipinski definition) is 3. The van der Waals surface area contributed by atoms with Crippen molar-refractivity contribution >= 4 is 0 Å². The molecule has 5 nitrogen and oxygen atoms in total. The van der Waals surface area contributed by atoms with Crippen molar-refractivity contribution < 1.29 is 9.50 Å². The molecule has 0 saturated heterocycles. The summed E-state index contributed by atoms with van der Waals surface area (Å²) in [5.74, 6) is -1.07. The summed E-state index contributed by atoms with van der Waals surface area (Å²) in [7, 11) is 0. The molecule has 94 valence electrons. The second kappa shape index (κ2) is 4.87. The maximum Gasteiger partial charge on any atom is 0.310 e. The minimum Gasteiger partial charge on any atom is -0.505 e. The van der Waals surface area contributed by atoms with Gasteiger partial charge in [0.15, 0.2) is 11.6 Å². The number of aryl methyl sites for hydroxylation is 2. The first kappa shape index (κ1) is 12.1. The molecule has 0 saturated carbocycles. The highest BCUT2D eigenvalue weighted by Gasteiger charge is 2.03. The fourth-order valence-electron chi connectivity index (χ4n) is 1.58. The van der Waals surface area contributed by atoms with Crippen LogP contribution in [-0.4, -0.2) is 15.3 Å². The van der Waals surface area contributed by atoms with E-state index in [0.29, 0.717) is 24.1 Å². The van der Waals surface area contributed by atoms with Crippen LogP contribution in [0, 0.1) is 5.82 Å². The van der Waals surface area contributed by atoms with Gasteiger partial charge in [0, 0.05) is 11.8 Å². The van der Waals surface area contributed by atoms with Crippen molar-refractivity contribution in [3.63, 3.8) is 0 Å². The molecule has 0 bridgehead atoms. The summed E-state index contributed by atoms with van der Waals surface area (Å²) >= 11 is 0. The van der Waals surface area contributed by atoms with E-state index in [9.17, 15) is 14.0 Å².